The summed E-state index contributed by atoms with van der Waals surface area (Å²) in [5.41, 5.74) is 9.71. The van der Waals surface area contributed by atoms with Crippen LogP contribution in [0.3, 0.4) is 0 Å². The van der Waals surface area contributed by atoms with Gasteiger partial charge in [-0.1, -0.05) is 42.5 Å². The third-order valence-corrected chi connectivity index (χ3v) is 5.09. The average molecular weight is 346 g/mol. The van der Waals surface area contributed by atoms with Crippen molar-refractivity contribution in [2.45, 2.75) is 18.8 Å². The summed E-state index contributed by atoms with van der Waals surface area (Å²) >= 11 is 0. The van der Waals surface area contributed by atoms with E-state index in [4.69, 9.17) is 5.73 Å². The maximum Gasteiger partial charge on any atom is 0.169 e. The first-order valence-corrected chi connectivity index (χ1v) is 8.94. The molecule has 0 saturated carbocycles. The van der Waals surface area contributed by atoms with Crippen LogP contribution in [0.15, 0.2) is 60.7 Å². The first-order chi connectivity index (χ1) is 12.7. The first kappa shape index (κ1) is 16.4. The van der Waals surface area contributed by atoms with Crippen LogP contribution in [0.2, 0.25) is 0 Å². The number of rotatable bonds is 3. The highest BCUT2D eigenvalue weighted by Crippen LogP contribution is 2.35. The number of phenols is 1. The Balaban J connectivity index is 1.55. The Kier molecular flexibility index (Phi) is 4.44. The van der Waals surface area contributed by atoms with Crippen LogP contribution < -0.4 is 10.6 Å². The van der Waals surface area contributed by atoms with Crippen molar-refractivity contribution in [3.05, 3.63) is 66.2 Å². The maximum atomic E-state index is 10.1. The van der Waals surface area contributed by atoms with Gasteiger partial charge in [0.05, 0.1) is 11.4 Å². The quantitative estimate of drug-likeness (QED) is 0.754. The minimum absolute atomic E-state index is 0.195. The second kappa shape index (κ2) is 7.04. The second-order valence-electron chi connectivity index (χ2n) is 6.69. The molecule has 0 radical (unpaired) electrons. The highest BCUT2D eigenvalue weighted by molar-refractivity contribution is 5.74. The minimum atomic E-state index is 0.195. The van der Waals surface area contributed by atoms with E-state index >= 15 is 0 Å². The standard InChI is InChI=1S/C21H22N4O/c22-21-19(14-18(23-24-21)17-8-4-5-9-20(17)26)25-12-10-16(11-13-25)15-6-2-1-3-7-15/h1-9,14,16,26H,10-13H2,(H2,22,24). The monoisotopic (exact) mass is 346 g/mol. The van der Waals surface area contributed by atoms with Crippen LogP contribution in [0, 0.1) is 0 Å². The lowest BCUT2D eigenvalue weighted by Gasteiger charge is -2.34. The largest absolute Gasteiger partial charge is 0.507 e. The summed E-state index contributed by atoms with van der Waals surface area (Å²) in [6, 6.07) is 19.8. The van der Waals surface area contributed by atoms with Crippen molar-refractivity contribution >= 4 is 11.5 Å². The van der Waals surface area contributed by atoms with Gasteiger partial charge in [0.15, 0.2) is 5.82 Å². The van der Waals surface area contributed by atoms with E-state index in [1.807, 2.05) is 18.2 Å². The Bertz CT molecular complexity index is 890. The molecule has 26 heavy (non-hydrogen) atoms. The number of anilines is 2. The van der Waals surface area contributed by atoms with Crippen molar-refractivity contribution in [1.29, 1.82) is 0 Å². The topological polar surface area (TPSA) is 75.3 Å². The predicted octanol–water partition coefficient (Wildman–Crippen LogP) is 3.82. The molecular formula is C21H22N4O. The second-order valence-corrected chi connectivity index (χ2v) is 6.69. The van der Waals surface area contributed by atoms with Crippen LogP contribution in [0.5, 0.6) is 5.75 Å². The summed E-state index contributed by atoms with van der Waals surface area (Å²) in [4.78, 5) is 2.27. The lowest BCUT2D eigenvalue weighted by molar-refractivity contribution is 0.477. The molecule has 5 heteroatoms. The normalized spacial score (nSPS) is 15.2. The molecule has 5 nitrogen and oxygen atoms in total. The van der Waals surface area contributed by atoms with Crippen LogP contribution in [0.1, 0.15) is 24.3 Å². The Hall–Kier alpha value is -3.08. The first-order valence-electron chi connectivity index (χ1n) is 8.94. The molecule has 3 N–H and O–H groups in total. The molecule has 0 amide bonds. The van der Waals surface area contributed by atoms with E-state index in [0.717, 1.165) is 31.6 Å². The van der Waals surface area contributed by atoms with E-state index in [0.29, 0.717) is 23.0 Å². The molecule has 1 aliphatic rings. The fourth-order valence-electron chi connectivity index (χ4n) is 3.65. The lowest BCUT2D eigenvalue weighted by Crippen LogP contribution is -2.33. The predicted molar refractivity (Wildman–Crippen MR) is 104 cm³/mol. The average Bonchev–Trinajstić information content (AvgIpc) is 2.70. The van der Waals surface area contributed by atoms with Gasteiger partial charge < -0.3 is 15.7 Å². The van der Waals surface area contributed by atoms with Crippen molar-refractivity contribution in [1.82, 2.24) is 10.2 Å². The highest BCUT2D eigenvalue weighted by atomic mass is 16.3. The number of nitrogen functional groups attached to an aromatic ring is 1. The van der Waals surface area contributed by atoms with Gasteiger partial charge in [0.1, 0.15) is 5.75 Å². The van der Waals surface area contributed by atoms with Crippen LogP contribution >= 0.6 is 0 Å². The molecule has 2 heterocycles. The molecule has 3 aromatic rings. The summed E-state index contributed by atoms with van der Waals surface area (Å²) in [7, 11) is 0. The Morgan fingerprint density at radius 3 is 2.35 bits per heavy atom. The van der Waals surface area contributed by atoms with Crippen molar-refractivity contribution in [2.75, 3.05) is 23.7 Å². The number of aromatic nitrogens is 2. The molecule has 0 spiro atoms. The summed E-state index contributed by atoms with van der Waals surface area (Å²) in [5.74, 6) is 1.21. The molecule has 1 saturated heterocycles. The number of hydrogen-bond donors (Lipinski definition) is 2. The van der Waals surface area contributed by atoms with Gasteiger partial charge in [-0.15, -0.1) is 10.2 Å². The van der Waals surface area contributed by atoms with Crippen molar-refractivity contribution in [2.24, 2.45) is 0 Å². The van der Waals surface area contributed by atoms with Crippen LogP contribution in [0.4, 0.5) is 11.5 Å². The van der Waals surface area contributed by atoms with Gasteiger partial charge in [0, 0.05) is 18.7 Å². The van der Waals surface area contributed by atoms with Gasteiger partial charge in [-0.25, -0.2) is 0 Å². The minimum Gasteiger partial charge on any atom is -0.507 e. The zero-order chi connectivity index (χ0) is 17.9. The number of piperidine rings is 1. The van der Waals surface area contributed by atoms with Gasteiger partial charge >= 0.3 is 0 Å². The van der Waals surface area contributed by atoms with Crippen molar-refractivity contribution in [3.63, 3.8) is 0 Å². The fourth-order valence-corrected chi connectivity index (χ4v) is 3.65. The summed E-state index contributed by atoms with van der Waals surface area (Å²) < 4.78 is 0. The van der Waals surface area contributed by atoms with Gasteiger partial charge in [0.2, 0.25) is 0 Å². The van der Waals surface area contributed by atoms with E-state index in [2.05, 4.69) is 45.4 Å². The Morgan fingerprint density at radius 1 is 0.923 bits per heavy atom. The number of para-hydroxylation sites is 1. The van der Waals surface area contributed by atoms with Crippen LogP contribution in [-0.4, -0.2) is 28.4 Å². The van der Waals surface area contributed by atoms with E-state index in [-0.39, 0.29) is 5.75 Å². The zero-order valence-corrected chi connectivity index (χ0v) is 14.5. The van der Waals surface area contributed by atoms with E-state index in [1.54, 1.807) is 12.1 Å². The third kappa shape index (κ3) is 3.20. The number of benzene rings is 2. The van der Waals surface area contributed by atoms with E-state index < -0.39 is 0 Å². The van der Waals surface area contributed by atoms with Gasteiger partial charge in [-0.2, -0.15) is 0 Å². The third-order valence-electron chi connectivity index (χ3n) is 5.09. The summed E-state index contributed by atoms with van der Waals surface area (Å²) in [6.45, 7) is 1.85. The Labute approximate surface area is 153 Å². The van der Waals surface area contributed by atoms with Crippen molar-refractivity contribution in [3.8, 4) is 17.0 Å². The number of nitrogens with two attached hydrogens (primary N) is 1. The van der Waals surface area contributed by atoms with Crippen LogP contribution in [0.25, 0.3) is 11.3 Å². The number of hydrogen-bond acceptors (Lipinski definition) is 5. The Morgan fingerprint density at radius 2 is 1.62 bits per heavy atom. The summed E-state index contributed by atoms with van der Waals surface area (Å²) in [5, 5.41) is 18.4. The molecule has 1 aliphatic heterocycles. The van der Waals surface area contributed by atoms with Gasteiger partial charge in [-0.05, 0) is 42.5 Å². The van der Waals surface area contributed by atoms with Crippen molar-refractivity contribution < 1.29 is 5.11 Å². The van der Waals surface area contributed by atoms with Crippen LogP contribution in [-0.2, 0) is 0 Å². The molecule has 4 rings (SSSR count). The summed E-state index contributed by atoms with van der Waals surface area (Å²) in [6.07, 6.45) is 2.16. The molecule has 1 aromatic heterocycles. The molecule has 0 aliphatic carbocycles. The molecule has 2 aromatic carbocycles. The lowest BCUT2D eigenvalue weighted by atomic mass is 9.89. The fraction of sp³-hybridized carbons (Fsp3) is 0.238. The number of phenolic OH excluding ortho intramolecular Hbond substituents is 1. The molecular weight excluding hydrogens is 324 g/mol. The molecule has 0 bridgehead atoms. The maximum absolute atomic E-state index is 10.1. The molecule has 1 fully saturated rings. The molecule has 132 valence electrons. The SMILES string of the molecule is Nc1nnc(-c2ccccc2O)cc1N1CCC(c2ccccc2)CC1. The molecule has 0 unspecified atom stereocenters. The number of nitrogens with zero attached hydrogens (tertiary/aromatic N) is 3. The molecule has 0 atom stereocenters. The van der Waals surface area contributed by atoms with Gasteiger partial charge in [0.25, 0.3) is 0 Å². The van der Waals surface area contributed by atoms with Gasteiger partial charge in [-0.3, -0.25) is 0 Å². The van der Waals surface area contributed by atoms with E-state index in [1.165, 1.54) is 5.56 Å². The zero-order valence-electron chi connectivity index (χ0n) is 14.5. The number of aromatic hydroxyl groups is 1. The smallest absolute Gasteiger partial charge is 0.169 e. The highest BCUT2D eigenvalue weighted by Gasteiger charge is 2.23. The van der Waals surface area contributed by atoms with E-state index in [9.17, 15) is 5.11 Å².